The fraction of sp³-hybridized carbons (Fsp3) is 0.500. The SMILES string of the molecule is COc1c(Cl)cc(Cl)cc1C[NH2+]CC[NH2+]CCO. The van der Waals surface area contributed by atoms with Gasteiger partial charge in [0.2, 0.25) is 0 Å². The maximum absolute atomic E-state index is 8.64. The second-order valence-corrected chi connectivity index (χ2v) is 4.79. The number of halogens is 2. The fourth-order valence-corrected chi connectivity index (χ4v) is 2.34. The molecule has 102 valence electrons. The molecule has 0 aliphatic heterocycles. The first-order valence-electron chi connectivity index (χ1n) is 5.95. The van der Waals surface area contributed by atoms with Gasteiger partial charge in [-0.25, -0.2) is 0 Å². The lowest BCUT2D eigenvalue weighted by Crippen LogP contribution is -2.94. The lowest BCUT2D eigenvalue weighted by atomic mass is 10.2. The molecule has 0 atom stereocenters. The minimum Gasteiger partial charge on any atom is -0.495 e. The van der Waals surface area contributed by atoms with Crippen LogP contribution < -0.4 is 15.4 Å². The average Bonchev–Trinajstić information content (AvgIpc) is 2.33. The number of quaternary nitrogens is 2. The smallest absolute Gasteiger partial charge is 0.146 e. The number of rotatable bonds is 8. The third kappa shape index (κ3) is 5.00. The summed E-state index contributed by atoms with van der Waals surface area (Å²) in [5.74, 6) is 0.691. The summed E-state index contributed by atoms with van der Waals surface area (Å²) in [5, 5.41) is 14.1. The molecule has 1 aromatic rings. The molecule has 0 saturated carbocycles. The summed E-state index contributed by atoms with van der Waals surface area (Å²) in [6, 6.07) is 3.56. The molecule has 0 bridgehead atoms. The minimum atomic E-state index is 0.220. The van der Waals surface area contributed by atoms with Crippen LogP contribution >= 0.6 is 23.2 Å². The predicted molar refractivity (Wildman–Crippen MR) is 72.3 cm³/mol. The van der Waals surface area contributed by atoms with Crippen LogP contribution in [0.5, 0.6) is 5.75 Å². The first kappa shape index (κ1) is 15.5. The zero-order valence-corrected chi connectivity index (χ0v) is 12.0. The summed E-state index contributed by atoms with van der Waals surface area (Å²) < 4.78 is 5.28. The van der Waals surface area contributed by atoms with Crippen molar-refractivity contribution in [3.8, 4) is 5.75 Å². The summed E-state index contributed by atoms with van der Waals surface area (Å²) >= 11 is 12.0. The maximum atomic E-state index is 8.64. The molecule has 0 aromatic heterocycles. The van der Waals surface area contributed by atoms with Crippen molar-refractivity contribution in [1.82, 2.24) is 0 Å². The fourth-order valence-electron chi connectivity index (χ4n) is 1.72. The number of hydrogen-bond acceptors (Lipinski definition) is 2. The molecule has 0 amide bonds. The second kappa shape index (κ2) is 8.56. The summed E-state index contributed by atoms with van der Waals surface area (Å²) in [7, 11) is 1.60. The Hall–Kier alpha value is -0.520. The topological polar surface area (TPSA) is 62.7 Å². The quantitative estimate of drug-likeness (QED) is 0.573. The Balaban J connectivity index is 2.46. The lowest BCUT2D eigenvalue weighted by molar-refractivity contribution is -0.731. The Morgan fingerprint density at radius 2 is 1.89 bits per heavy atom. The van der Waals surface area contributed by atoms with E-state index in [2.05, 4.69) is 10.6 Å². The van der Waals surface area contributed by atoms with Crippen molar-refractivity contribution in [2.75, 3.05) is 33.4 Å². The number of aliphatic hydroxyl groups is 1. The molecule has 0 aliphatic carbocycles. The van der Waals surface area contributed by atoms with Crippen LogP contribution in [0.15, 0.2) is 12.1 Å². The number of methoxy groups -OCH3 is 1. The molecule has 1 rings (SSSR count). The van der Waals surface area contributed by atoms with Gasteiger partial charge in [-0.05, 0) is 12.1 Å². The van der Waals surface area contributed by atoms with Crippen LogP contribution in [0.3, 0.4) is 0 Å². The summed E-state index contributed by atoms with van der Waals surface area (Å²) in [6.07, 6.45) is 0. The third-order valence-corrected chi connectivity index (χ3v) is 3.06. The van der Waals surface area contributed by atoms with E-state index in [0.717, 1.165) is 31.7 Å². The number of ether oxygens (including phenoxy) is 1. The molecule has 4 nitrogen and oxygen atoms in total. The summed E-state index contributed by atoms with van der Waals surface area (Å²) in [5.41, 5.74) is 0.997. The predicted octanol–water partition coefficient (Wildman–Crippen LogP) is -0.379. The first-order chi connectivity index (χ1) is 8.69. The number of hydrogen-bond donors (Lipinski definition) is 3. The summed E-state index contributed by atoms with van der Waals surface area (Å²) in [6.45, 7) is 3.68. The van der Waals surface area contributed by atoms with Crippen molar-refractivity contribution in [2.45, 2.75) is 6.54 Å². The highest BCUT2D eigenvalue weighted by Gasteiger charge is 2.11. The van der Waals surface area contributed by atoms with Crippen LogP contribution in [0.1, 0.15) is 5.56 Å². The van der Waals surface area contributed by atoms with Crippen LogP contribution in [0.4, 0.5) is 0 Å². The molecular formula is C12H20Cl2N2O2+2. The van der Waals surface area contributed by atoms with Gasteiger partial charge in [-0.15, -0.1) is 0 Å². The first-order valence-corrected chi connectivity index (χ1v) is 6.70. The van der Waals surface area contributed by atoms with E-state index < -0.39 is 0 Å². The molecule has 0 fully saturated rings. The second-order valence-electron chi connectivity index (χ2n) is 3.95. The van der Waals surface area contributed by atoms with Gasteiger partial charge < -0.3 is 20.5 Å². The average molecular weight is 295 g/mol. The van der Waals surface area contributed by atoms with Crippen LogP contribution in [-0.2, 0) is 6.54 Å². The van der Waals surface area contributed by atoms with E-state index in [4.69, 9.17) is 33.0 Å². The minimum absolute atomic E-state index is 0.220. The van der Waals surface area contributed by atoms with Gasteiger partial charge in [0.05, 0.1) is 30.8 Å². The summed E-state index contributed by atoms with van der Waals surface area (Å²) in [4.78, 5) is 0. The molecule has 0 heterocycles. The van der Waals surface area contributed by atoms with E-state index in [-0.39, 0.29) is 6.61 Å². The lowest BCUT2D eigenvalue weighted by Gasteiger charge is -2.10. The highest BCUT2D eigenvalue weighted by Crippen LogP contribution is 2.31. The molecule has 1 aromatic carbocycles. The zero-order chi connectivity index (χ0) is 13.4. The van der Waals surface area contributed by atoms with Crippen molar-refractivity contribution in [3.05, 3.63) is 27.7 Å². The van der Waals surface area contributed by atoms with E-state index >= 15 is 0 Å². The van der Waals surface area contributed by atoms with Crippen molar-refractivity contribution >= 4 is 23.2 Å². The molecule has 0 radical (unpaired) electrons. The van der Waals surface area contributed by atoms with Crippen LogP contribution in [-0.4, -0.2) is 38.5 Å². The normalized spacial score (nSPS) is 10.7. The van der Waals surface area contributed by atoms with Gasteiger partial charge in [-0.2, -0.15) is 0 Å². The van der Waals surface area contributed by atoms with Gasteiger partial charge >= 0.3 is 0 Å². The zero-order valence-electron chi connectivity index (χ0n) is 10.5. The molecular weight excluding hydrogens is 275 g/mol. The van der Waals surface area contributed by atoms with Gasteiger partial charge in [0.25, 0.3) is 0 Å². The Bertz CT molecular complexity index is 375. The Kier molecular flexibility index (Phi) is 7.39. The van der Waals surface area contributed by atoms with Crippen LogP contribution in [0.25, 0.3) is 0 Å². The monoisotopic (exact) mass is 294 g/mol. The maximum Gasteiger partial charge on any atom is 0.146 e. The van der Waals surface area contributed by atoms with Gasteiger partial charge in [0, 0.05) is 5.02 Å². The van der Waals surface area contributed by atoms with E-state index in [0.29, 0.717) is 15.8 Å². The largest absolute Gasteiger partial charge is 0.495 e. The Labute approximate surface area is 117 Å². The van der Waals surface area contributed by atoms with E-state index in [9.17, 15) is 0 Å². The number of benzene rings is 1. The van der Waals surface area contributed by atoms with Gasteiger partial charge in [-0.3, -0.25) is 0 Å². The van der Waals surface area contributed by atoms with Crippen LogP contribution in [0, 0.1) is 0 Å². The highest BCUT2D eigenvalue weighted by molar-refractivity contribution is 6.35. The molecule has 6 heteroatoms. The van der Waals surface area contributed by atoms with Crippen molar-refractivity contribution in [3.63, 3.8) is 0 Å². The Morgan fingerprint density at radius 1 is 1.17 bits per heavy atom. The van der Waals surface area contributed by atoms with Crippen LogP contribution in [0.2, 0.25) is 10.0 Å². The van der Waals surface area contributed by atoms with E-state index in [1.165, 1.54) is 0 Å². The number of nitrogens with two attached hydrogens (primary N) is 2. The molecule has 0 spiro atoms. The van der Waals surface area contributed by atoms with Gasteiger partial charge in [-0.1, -0.05) is 23.2 Å². The highest BCUT2D eigenvalue weighted by atomic mass is 35.5. The van der Waals surface area contributed by atoms with E-state index in [1.807, 2.05) is 6.07 Å². The molecule has 0 unspecified atom stereocenters. The molecule has 18 heavy (non-hydrogen) atoms. The van der Waals surface area contributed by atoms with Crippen molar-refractivity contribution < 1.29 is 20.5 Å². The third-order valence-electron chi connectivity index (χ3n) is 2.56. The van der Waals surface area contributed by atoms with Crippen molar-refractivity contribution in [1.29, 1.82) is 0 Å². The molecule has 0 aliphatic rings. The van der Waals surface area contributed by atoms with E-state index in [1.54, 1.807) is 13.2 Å². The molecule has 0 saturated heterocycles. The standard InChI is InChI=1S/C12H18Cl2N2O2/c1-18-12-9(6-10(13)7-11(12)14)8-16-3-2-15-4-5-17/h6-7,15-17H,2-5,8H2,1H3/p+2. The number of aliphatic hydroxyl groups excluding tert-OH is 1. The Morgan fingerprint density at radius 3 is 2.56 bits per heavy atom. The molecule has 5 N–H and O–H groups in total. The van der Waals surface area contributed by atoms with Gasteiger partial charge in [0.15, 0.2) is 0 Å². The van der Waals surface area contributed by atoms with Crippen molar-refractivity contribution in [2.24, 2.45) is 0 Å². The van der Waals surface area contributed by atoms with Gasteiger partial charge in [0.1, 0.15) is 25.4 Å².